The number of carbonyl (C=O) groups is 2. The maximum atomic E-state index is 12.1. The van der Waals surface area contributed by atoms with Crippen molar-refractivity contribution in [3.63, 3.8) is 0 Å². The van der Waals surface area contributed by atoms with Crippen molar-refractivity contribution in [2.45, 2.75) is 13.0 Å². The van der Waals surface area contributed by atoms with Crippen LogP contribution in [-0.2, 0) is 9.53 Å². The van der Waals surface area contributed by atoms with Crippen molar-refractivity contribution in [1.82, 2.24) is 5.32 Å². The fourth-order valence-corrected chi connectivity index (χ4v) is 2.46. The van der Waals surface area contributed by atoms with Gasteiger partial charge in [0.2, 0.25) is 5.91 Å². The molecule has 0 bridgehead atoms. The van der Waals surface area contributed by atoms with E-state index in [2.05, 4.69) is 5.32 Å². The van der Waals surface area contributed by atoms with Gasteiger partial charge >= 0.3 is 0 Å². The van der Waals surface area contributed by atoms with E-state index in [9.17, 15) is 9.59 Å². The number of halogens is 1. The molecule has 0 spiro atoms. The molecule has 1 unspecified atom stereocenters. The fourth-order valence-electron chi connectivity index (χ4n) is 2.28. The van der Waals surface area contributed by atoms with Crippen LogP contribution in [0.15, 0.2) is 18.2 Å². The molecule has 108 valence electrons. The van der Waals surface area contributed by atoms with Crippen molar-refractivity contribution >= 4 is 29.5 Å². The SMILES string of the molecule is CCNC(=O)C1COCCN1c1ccc(Cl)cc1C=O. The normalized spacial score (nSPS) is 18.7. The number of morpholine rings is 1. The Hall–Kier alpha value is -1.59. The van der Waals surface area contributed by atoms with E-state index in [1.165, 1.54) is 0 Å². The van der Waals surface area contributed by atoms with Crippen molar-refractivity contribution in [2.24, 2.45) is 0 Å². The molecule has 5 nitrogen and oxygen atoms in total. The predicted molar refractivity (Wildman–Crippen MR) is 77.5 cm³/mol. The minimum atomic E-state index is -0.427. The zero-order valence-electron chi connectivity index (χ0n) is 11.3. The average Bonchev–Trinajstić information content (AvgIpc) is 2.47. The van der Waals surface area contributed by atoms with Gasteiger partial charge in [-0.15, -0.1) is 0 Å². The highest BCUT2D eigenvalue weighted by atomic mass is 35.5. The van der Waals surface area contributed by atoms with Gasteiger partial charge in [-0.25, -0.2) is 0 Å². The topological polar surface area (TPSA) is 58.6 Å². The van der Waals surface area contributed by atoms with Crippen LogP contribution in [0.4, 0.5) is 5.69 Å². The van der Waals surface area contributed by atoms with Gasteiger partial charge in [0.1, 0.15) is 6.04 Å². The maximum absolute atomic E-state index is 12.1. The Balaban J connectivity index is 2.32. The number of hydrogen-bond acceptors (Lipinski definition) is 4. The minimum Gasteiger partial charge on any atom is -0.377 e. The summed E-state index contributed by atoms with van der Waals surface area (Å²) in [6.07, 6.45) is 0.755. The number of rotatable bonds is 4. The molecule has 2 rings (SSSR count). The van der Waals surface area contributed by atoms with Gasteiger partial charge in [-0.2, -0.15) is 0 Å². The summed E-state index contributed by atoms with van der Waals surface area (Å²) in [6.45, 7) is 3.82. The van der Waals surface area contributed by atoms with Crippen LogP contribution in [0.25, 0.3) is 0 Å². The van der Waals surface area contributed by atoms with Crippen molar-refractivity contribution in [3.05, 3.63) is 28.8 Å². The number of benzene rings is 1. The van der Waals surface area contributed by atoms with Crippen LogP contribution in [0.2, 0.25) is 5.02 Å². The van der Waals surface area contributed by atoms with Crippen LogP contribution < -0.4 is 10.2 Å². The quantitative estimate of drug-likeness (QED) is 0.855. The molecule has 1 aromatic carbocycles. The summed E-state index contributed by atoms with van der Waals surface area (Å²) in [7, 11) is 0. The average molecular weight is 297 g/mol. The van der Waals surface area contributed by atoms with Gasteiger partial charge < -0.3 is 15.0 Å². The lowest BCUT2D eigenvalue weighted by Crippen LogP contribution is -2.54. The standard InChI is InChI=1S/C14H17ClN2O3/c1-2-16-14(19)13-9-20-6-5-17(13)12-4-3-11(15)7-10(12)8-18/h3-4,7-8,13H,2,5-6,9H2,1H3,(H,16,19). The van der Waals surface area contributed by atoms with E-state index >= 15 is 0 Å². The molecular formula is C14H17ClN2O3. The maximum Gasteiger partial charge on any atom is 0.245 e. The lowest BCUT2D eigenvalue weighted by Gasteiger charge is -2.36. The smallest absolute Gasteiger partial charge is 0.245 e. The fraction of sp³-hybridized carbons (Fsp3) is 0.429. The Bertz CT molecular complexity index is 507. The zero-order valence-corrected chi connectivity index (χ0v) is 12.0. The van der Waals surface area contributed by atoms with Gasteiger partial charge in [0.05, 0.1) is 13.2 Å². The van der Waals surface area contributed by atoms with E-state index in [0.717, 1.165) is 6.29 Å². The molecule has 1 aliphatic rings. The molecule has 1 amide bonds. The number of nitrogens with one attached hydrogen (secondary N) is 1. The van der Waals surface area contributed by atoms with Crippen LogP contribution in [0.1, 0.15) is 17.3 Å². The third-order valence-electron chi connectivity index (χ3n) is 3.21. The minimum absolute atomic E-state index is 0.0981. The predicted octanol–water partition coefficient (Wildman–Crippen LogP) is 1.49. The number of aldehydes is 1. The molecule has 0 radical (unpaired) electrons. The number of hydrogen-bond donors (Lipinski definition) is 1. The zero-order chi connectivity index (χ0) is 14.5. The Kier molecular flexibility index (Phi) is 4.98. The van der Waals surface area contributed by atoms with Gasteiger partial charge in [-0.3, -0.25) is 9.59 Å². The summed E-state index contributed by atoms with van der Waals surface area (Å²) >= 11 is 5.90. The molecule has 1 saturated heterocycles. The second-order valence-electron chi connectivity index (χ2n) is 4.50. The lowest BCUT2D eigenvalue weighted by atomic mass is 10.1. The third-order valence-corrected chi connectivity index (χ3v) is 3.44. The van der Waals surface area contributed by atoms with E-state index in [0.29, 0.717) is 42.6 Å². The highest BCUT2D eigenvalue weighted by Gasteiger charge is 2.30. The van der Waals surface area contributed by atoms with E-state index < -0.39 is 6.04 Å². The first-order valence-electron chi connectivity index (χ1n) is 6.54. The number of ether oxygens (including phenoxy) is 1. The van der Waals surface area contributed by atoms with Crippen molar-refractivity contribution in [1.29, 1.82) is 0 Å². The van der Waals surface area contributed by atoms with Gasteiger partial charge in [0.15, 0.2) is 6.29 Å². The van der Waals surface area contributed by atoms with Crippen molar-refractivity contribution in [2.75, 3.05) is 31.2 Å². The first kappa shape index (κ1) is 14.8. The summed E-state index contributed by atoms with van der Waals surface area (Å²) in [5, 5.41) is 3.29. The van der Waals surface area contributed by atoms with Crippen LogP contribution >= 0.6 is 11.6 Å². The number of nitrogens with zero attached hydrogens (tertiary/aromatic N) is 1. The van der Waals surface area contributed by atoms with Gasteiger partial charge in [0, 0.05) is 29.4 Å². The van der Waals surface area contributed by atoms with Crippen LogP contribution in [0.5, 0.6) is 0 Å². The summed E-state index contributed by atoms with van der Waals surface area (Å²) in [6, 6.07) is 4.66. The molecule has 1 aromatic rings. The van der Waals surface area contributed by atoms with E-state index in [-0.39, 0.29) is 5.91 Å². The molecule has 6 heteroatoms. The molecule has 20 heavy (non-hydrogen) atoms. The molecule has 1 atom stereocenters. The van der Waals surface area contributed by atoms with E-state index in [1.54, 1.807) is 18.2 Å². The highest BCUT2D eigenvalue weighted by Crippen LogP contribution is 2.26. The van der Waals surface area contributed by atoms with Crippen molar-refractivity contribution in [3.8, 4) is 0 Å². The third kappa shape index (κ3) is 3.11. The first-order chi connectivity index (χ1) is 9.67. The van der Waals surface area contributed by atoms with Crippen molar-refractivity contribution < 1.29 is 14.3 Å². The van der Waals surface area contributed by atoms with Crippen LogP contribution in [0.3, 0.4) is 0 Å². The number of carbonyl (C=O) groups excluding carboxylic acids is 2. The molecule has 0 saturated carbocycles. The largest absolute Gasteiger partial charge is 0.377 e. The molecule has 1 aliphatic heterocycles. The molecule has 1 N–H and O–H groups in total. The molecule has 1 fully saturated rings. The first-order valence-corrected chi connectivity index (χ1v) is 6.92. The number of likely N-dealkylation sites (N-methyl/N-ethyl adjacent to an activating group) is 1. The van der Waals surface area contributed by atoms with Crippen LogP contribution in [0, 0.1) is 0 Å². The summed E-state index contributed by atoms with van der Waals surface area (Å²) in [5.41, 5.74) is 1.19. The Morgan fingerprint density at radius 3 is 3.10 bits per heavy atom. The van der Waals surface area contributed by atoms with Gasteiger partial charge in [-0.05, 0) is 25.1 Å². The molecule has 0 aliphatic carbocycles. The summed E-state index contributed by atoms with van der Waals surface area (Å²) < 4.78 is 5.38. The molecule has 1 heterocycles. The molecule has 0 aromatic heterocycles. The Labute approximate surface area is 122 Å². The summed E-state index contributed by atoms with van der Waals surface area (Å²) in [4.78, 5) is 25.2. The van der Waals surface area contributed by atoms with Gasteiger partial charge in [0.25, 0.3) is 0 Å². The number of amides is 1. The molecular weight excluding hydrogens is 280 g/mol. The second-order valence-corrected chi connectivity index (χ2v) is 4.94. The highest BCUT2D eigenvalue weighted by molar-refractivity contribution is 6.31. The van der Waals surface area contributed by atoms with Gasteiger partial charge in [-0.1, -0.05) is 11.6 Å². The van der Waals surface area contributed by atoms with E-state index in [4.69, 9.17) is 16.3 Å². The number of anilines is 1. The van der Waals surface area contributed by atoms with E-state index in [1.807, 2.05) is 11.8 Å². The summed E-state index contributed by atoms with van der Waals surface area (Å²) in [5.74, 6) is -0.0981. The lowest BCUT2D eigenvalue weighted by molar-refractivity contribution is -0.124. The Morgan fingerprint density at radius 1 is 1.60 bits per heavy atom. The Morgan fingerprint density at radius 2 is 2.40 bits per heavy atom. The van der Waals surface area contributed by atoms with Crippen LogP contribution in [-0.4, -0.2) is 44.5 Å². The second kappa shape index (κ2) is 6.72. The monoisotopic (exact) mass is 296 g/mol.